The van der Waals surface area contributed by atoms with Crippen molar-refractivity contribution in [1.82, 2.24) is 5.32 Å². The molecule has 0 bridgehead atoms. The molecule has 0 aliphatic heterocycles. The van der Waals surface area contributed by atoms with Gasteiger partial charge in [0.1, 0.15) is 5.82 Å². The molecule has 0 saturated heterocycles. The number of aliphatic hydroxyl groups is 1. The molecule has 0 saturated carbocycles. The molecule has 114 valence electrons. The minimum Gasteiger partial charge on any atom is -0.395 e. The van der Waals surface area contributed by atoms with Crippen molar-refractivity contribution in [2.45, 2.75) is 45.6 Å². The Hall–Kier alpha value is -1.86. The van der Waals surface area contributed by atoms with Crippen LogP contribution in [0.4, 0.5) is 4.39 Å². The maximum Gasteiger partial charge on any atom is 0.254 e. The van der Waals surface area contributed by atoms with Gasteiger partial charge in [-0.2, -0.15) is 0 Å². The van der Waals surface area contributed by atoms with Crippen LogP contribution < -0.4 is 5.32 Å². The van der Waals surface area contributed by atoms with Gasteiger partial charge in [-0.1, -0.05) is 31.6 Å². The van der Waals surface area contributed by atoms with Gasteiger partial charge in [0, 0.05) is 18.0 Å². The van der Waals surface area contributed by atoms with E-state index < -0.39 is 11.7 Å². The molecule has 0 aliphatic rings. The Morgan fingerprint density at radius 2 is 2.24 bits per heavy atom. The van der Waals surface area contributed by atoms with Gasteiger partial charge in [-0.3, -0.25) is 4.79 Å². The van der Waals surface area contributed by atoms with Crippen molar-refractivity contribution in [1.29, 1.82) is 0 Å². The Morgan fingerprint density at radius 3 is 2.86 bits per heavy atom. The molecule has 0 spiro atoms. The molecular weight excluding hydrogens is 269 g/mol. The van der Waals surface area contributed by atoms with Crippen molar-refractivity contribution >= 4 is 5.91 Å². The molecule has 0 aliphatic carbocycles. The molecule has 4 heteroatoms. The van der Waals surface area contributed by atoms with E-state index in [1.54, 1.807) is 6.07 Å². The molecule has 1 atom stereocenters. The lowest BCUT2D eigenvalue weighted by molar-refractivity contribution is 0.0934. The van der Waals surface area contributed by atoms with E-state index in [1.165, 1.54) is 12.1 Å². The highest BCUT2D eigenvalue weighted by molar-refractivity contribution is 5.94. The zero-order chi connectivity index (χ0) is 15.7. The number of amides is 1. The number of hydrogen-bond acceptors (Lipinski definition) is 2. The molecular formula is C17H22FNO2. The average Bonchev–Trinajstić information content (AvgIpc) is 2.45. The van der Waals surface area contributed by atoms with Crippen LogP contribution in [-0.4, -0.2) is 23.7 Å². The van der Waals surface area contributed by atoms with E-state index >= 15 is 0 Å². The van der Waals surface area contributed by atoms with Gasteiger partial charge in [0.25, 0.3) is 5.91 Å². The predicted molar refractivity (Wildman–Crippen MR) is 81.4 cm³/mol. The first-order chi connectivity index (χ1) is 10.1. The van der Waals surface area contributed by atoms with Crippen molar-refractivity contribution in [2.75, 3.05) is 6.61 Å². The van der Waals surface area contributed by atoms with Crippen LogP contribution in [0, 0.1) is 17.7 Å². The van der Waals surface area contributed by atoms with Crippen molar-refractivity contribution in [3.63, 3.8) is 0 Å². The molecule has 0 heterocycles. The number of unbranched alkanes of at least 4 members (excludes halogenated alkanes) is 1. The fraction of sp³-hybridized carbons (Fsp3) is 0.471. The maximum absolute atomic E-state index is 13.9. The number of benzene rings is 1. The molecule has 0 radical (unpaired) electrons. The van der Waals surface area contributed by atoms with E-state index in [4.69, 9.17) is 5.11 Å². The Morgan fingerprint density at radius 1 is 1.48 bits per heavy atom. The number of nitrogens with one attached hydrogen (secondary N) is 1. The second kappa shape index (κ2) is 9.15. The van der Waals surface area contributed by atoms with Gasteiger partial charge in [0.2, 0.25) is 0 Å². The third kappa shape index (κ3) is 5.97. The molecule has 1 aromatic carbocycles. The van der Waals surface area contributed by atoms with Crippen LogP contribution in [0.2, 0.25) is 0 Å². The molecule has 0 aromatic heterocycles. The minimum absolute atomic E-state index is 0.0222. The first kappa shape index (κ1) is 17.2. The molecule has 2 N–H and O–H groups in total. The Balaban J connectivity index is 2.71. The predicted octanol–water partition coefficient (Wildman–Crippen LogP) is 2.87. The maximum atomic E-state index is 13.9. The third-order valence-corrected chi connectivity index (χ3v) is 3.05. The van der Waals surface area contributed by atoms with Crippen molar-refractivity contribution in [3.8, 4) is 11.8 Å². The normalized spacial score (nSPS) is 11.4. The van der Waals surface area contributed by atoms with Gasteiger partial charge in [-0.05, 0) is 31.5 Å². The summed E-state index contributed by atoms with van der Waals surface area (Å²) in [7, 11) is 0. The van der Waals surface area contributed by atoms with Gasteiger partial charge >= 0.3 is 0 Å². The van der Waals surface area contributed by atoms with Crippen molar-refractivity contribution in [3.05, 3.63) is 35.1 Å². The number of rotatable bonds is 6. The molecule has 3 nitrogen and oxygen atoms in total. The molecule has 21 heavy (non-hydrogen) atoms. The molecule has 1 unspecified atom stereocenters. The summed E-state index contributed by atoms with van der Waals surface area (Å²) in [6.07, 6.45) is 3.33. The molecule has 0 fully saturated rings. The van der Waals surface area contributed by atoms with E-state index in [9.17, 15) is 9.18 Å². The quantitative estimate of drug-likeness (QED) is 0.792. The minimum atomic E-state index is -0.578. The summed E-state index contributed by atoms with van der Waals surface area (Å²) in [5, 5.41) is 11.4. The van der Waals surface area contributed by atoms with Crippen LogP contribution in [0.15, 0.2) is 18.2 Å². The third-order valence-electron chi connectivity index (χ3n) is 3.05. The first-order valence-electron chi connectivity index (χ1n) is 7.28. The van der Waals surface area contributed by atoms with Gasteiger partial charge < -0.3 is 10.4 Å². The van der Waals surface area contributed by atoms with Crippen LogP contribution in [0.3, 0.4) is 0 Å². The van der Waals surface area contributed by atoms with Gasteiger partial charge in [-0.15, -0.1) is 0 Å². The summed E-state index contributed by atoms with van der Waals surface area (Å²) < 4.78 is 13.9. The highest BCUT2D eigenvalue weighted by atomic mass is 19.1. The number of halogens is 1. The lowest BCUT2D eigenvalue weighted by atomic mass is 10.1. The van der Waals surface area contributed by atoms with Gasteiger partial charge in [-0.25, -0.2) is 4.39 Å². The standard InChI is InChI=1S/C17H22FNO2/c1-3-4-7-13(2)19-17(21)15-10-9-14(12-16(15)18)8-5-6-11-20/h9-10,12-13,20H,3-4,6-7,11H2,1-2H3,(H,19,21). The SMILES string of the molecule is CCCCC(C)NC(=O)c1ccc(C#CCCO)cc1F. The number of hydrogen-bond donors (Lipinski definition) is 2. The van der Waals surface area contributed by atoms with Crippen LogP contribution >= 0.6 is 0 Å². The Labute approximate surface area is 125 Å². The summed E-state index contributed by atoms with van der Waals surface area (Å²) in [5.74, 6) is 4.48. The number of carbonyl (C=O) groups is 1. The lowest BCUT2D eigenvalue weighted by Crippen LogP contribution is -2.33. The van der Waals surface area contributed by atoms with E-state index in [2.05, 4.69) is 24.1 Å². The summed E-state index contributed by atoms with van der Waals surface area (Å²) in [6.45, 7) is 3.98. The number of carbonyl (C=O) groups excluding carboxylic acids is 1. The summed E-state index contributed by atoms with van der Waals surface area (Å²) in [5.41, 5.74) is 0.530. The van der Waals surface area contributed by atoms with Crippen LogP contribution in [-0.2, 0) is 0 Å². The van der Waals surface area contributed by atoms with Crippen LogP contribution in [0.1, 0.15) is 55.5 Å². The fourth-order valence-corrected chi connectivity index (χ4v) is 1.88. The fourth-order valence-electron chi connectivity index (χ4n) is 1.88. The van der Waals surface area contributed by atoms with Crippen LogP contribution in [0.5, 0.6) is 0 Å². The van der Waals surface area contributed by atoms with E-state index in [-0.39, 0.29) is 18.2 Å². The molecule has 1 amide bonds. The zero-order valence-electron chi connectivity index (χ0n) is 12.6. The molecule has 1 rings (SSSR count). The lowest BCUT2D eigenvalue weighted by Gasteiger charge is -2.13. The van der Waals surface area contributed by atoms with E-state index in [0.29, 0.717) is 12.0 Å². The highest BCUT2D eigenvalue weighted by Gasteiger charge is 2.14. The summed E-state index contributed by atoms with van der Waals surface area (Å²) in [6, 6.07) is 4.33. The van der Waals surface area contributed by atoms with E-state index in [1.807, 2.05) is 6.92 Å². The Bertz CT molecular complexity index is 531. The summed E-state index contributed by atoms with van der Waals surface area (Å²) in [4.78, 5) is 12.0. The topological polar surface area (TPSA) is 49.3 Å². The largest absolute Gasteiger partial charge is 0.395 e. The summed E-state index contributed by atoms with van der Waals surface area (Å²) >= 11 is 0. The highest BCUT2D eigenvalue weighted by Crippen LogP contribution is 2.11. The van der Waals surface area contributed by atoms with Crippen molar-refractivity contribution < 1.29 is 14.3 Å². The van der Waals surface area contributed by atoms with E-state index in [0.717, 1.165) is 19.3 Å². The van der Waals surface area contributed by atoms with Gasteiger partial charge in [0.15, 0.2) is 0 Å². The first-order valence-corrected chi connectivity index (χ1v) is 7.28. The van der Waals surface area contributed by atoms with Gasteiger partial charge in [0.05, 0.1) is 12.2 Å². The second-order valence-electron chi connectivity index (χ2n) is 4.99. The van der Waals surface area contributed by atoms with Crippen molar-refractivity contribution in [2.24, 2.45) is 0 Å². The average molecular weight is 291 g/mol. The smallest absolute Gasteiger partial charge is 0.254 e. The molecule has 1 aromatic rings. The second-order valence-corrected chi connectivity index (χ2v) is 4.99. The monoisotopic (exact) mass is 291 g/mol. The Kier molecular flexibility index (Phi) is 7.49. The zero-order valence-corrected chi connectivity index (χ0v) is 12.6. The van der Waals surface area contributed by atoms with Crippen LogP contribution in [0.25, 0.3) is 0 Å². The number of aliphatic hydroxyl groups excluding tert-OH is 1.